The maximum atomic E-state index is 12.1. The lowest BCUT2D eigenvalue weighted by molar-refractivity contribution is -0.117. The fraction of sp³-hybridized carbons (Fsp3) is 0.533. The Kier molecular flexibility index (Phi) is 5.82. The van der Waals surface area contributed by atoms with Crippen LogP contribution in [0.25, 0.3) is 0 Å². The number of rotatable bonds is 6. The van der Waals surface area contributed by atoms with Crippen molar-refractivity contribution in [3.05, 3.63) is 18.2 Å². The smallest absolute Gasteiger partial charge is 0.238 e. The largest absolute Gasteiger partial charge is 0.494 e. The molecule has 0 bridgehead atoms. The first kappa shape index (κ1) is 16.3. The molecule has 0 fully saturated rings. The van der Waals surface area contributed by atoms with Crippen LogP contribution in [0, 0.1) is 5.92 Å². The summed E-state index contributed by atoms with van der Waals surface area (Å²) in [6, 6.07) is 5.51. The van der Waals surface area contributed by atoms with Crippen LogP contribution < -0.4 is 15.8 Å². The van der Waals surface area contributed by atoms with Crippen molar-refractivity contribution in [3.8, 4) is 5.75 Å². The molecule has 1 atom stereocenters. The standard InChI is InChI=1S/C15H25N3O2/c1-10(2)11(3)18(4)9-15(19)17-13-7-6-12(16)8-14(13)20-5/h6-8,10-11H,9,16H2,1-5H3,(H,17,19). The second-order valence-corrected chi connectivity index (χ2v) is 5.41. The summed E-state index contributed by atoms with van der Waals surface area (Å²) in [5.41, 5.74) is 6.93. The first-order chi connectivity index (χ1) is 9.35. The highest BCUT2D eigenvalue weighted by Crippen LogP contribution is 2.26. The maximum Gasteiger partial charge on any atom is 0.238 e. The van der Waals surface area contributed by atoms with E-state index in [-0.39, 0.29) is 5.91 Å². The van der Waals surface area contributed by atoms with E-state index < -0.39 is 0 Å². The Bertz CT molecular complexity index is 460. The van der Waals surface area contributed by atoms with E-state index in [1.807, 2.05) is 11.9 Å². The summed E-state index contributed by atoms with van der Waals surface area (Å²) in [7, 11) is 3.50. The van der Waals surface area contributed by atoms with Crippen LogP contribution in [-0.2, 0) is 4.79 Å². The van der Waals surface area contributed by atoms with Gasteiger partial charge in [-0.15, -0.1) is 0 Å². The molecule has 1 aromatic carbocycles. The van der Waals surface area contributed by atoms with Gasteiger partial charge in [0.1, 0.15) is 5.75 Å². The third-order valence-electron chi connectivity index (χ3n) is 3.55. The number of hydrogen-bond donors (Lipinski definition) is 2. The SMILES string of the molecule is COc1cc(N)ccc1NC(=O)CN(C)C(C)C(C)C. The Balaban J connectivity index is 2.67. The number of carbonyl (C=O) groups excluding carboxylic acids is 1. The minimum absolute atomic E-state index is 0.0666. The van der Waals surface area contributed by atoms with Gasteiger partial charge in [-0.1, -0.05) is 13.8 Å². The van der Waals surface area contributed by atoms with Crippen molar-refractivity contribution >= 4 is 17.3 Å². The zero-order valence-electron chi connectivity index (χ0n) is 12.9. The van der Waals surface area contributed by atoms with Gasteiger partial charge in [-0.2, -0.15) is 0 Å². The number of nitrogen functional groups attached to an aromatic ring is 1. The van der Waals surface area contributed by atoms with Gasteiger partial charge >= 0.3 is 0 Å². The maximum absolute atomic E-state index is 12.1. The topological polar surface area (TPSA) is 67.6 Å². The van der Waals surface area contributed by atoms with Crippen LogP contribution in [0.15, 0.2) is 18.2 Å². The third kappa shape index (κ3) is 4.42. The van der Waals surface area contributed by atoms with Crippen molar-refractivity contribution in [2.45, 2.75) is 26.8 Å². The van der Waals surface area contributed by atoms with Gasteiger partial charge in [0.05, 0.1) is 19.3 Å². The van der Waals surface area contributed by atoms with E-state index >= 15 is 0 Å². The van der Waals surface area contributed by atoms with Crippen LogP contribution in [-0.4, -0.2) is 37.6 Å². The van der Waals surface area contributed by atoms with Gasteiger partial charge in [0.15, 0.2) is 0 Å². The molecule has 1 amide bonds. The van der Waals surface area contributed by atoms with Gasteiger partial charge in [-0.3, -0.25) is 9.69 Å². The molecule has 0 saturated carbocycles. The number of nitrogens with zero attached hydrogens (tertiary/aromatic N) is 1. The Morgan fingerprint density at radius 2 is 2.05 bits per heavy atom. The van der Waals surface area contributed by atoms with E-state index in [2.05, 4.69) is 26.1 Å². The van der Waals surface area contributed by atoms with Crippen molar-refractivity contribution in [3.63, 3.8) is 0 Å². The van der Waals surface area contributed by atoms with Gasteiger partial charge in [0, 0.05) is 17.8 Å². The predicted octanol–water partition coefficient (Wildman–Crippen LogP) is 2.19. The highest BCUT2D eigenvalue weighted by atomic mass is 16.5. The number of benzene rings is 1. The number of methoxy groups -OCH3 is 1. The number of carbonyl (C=O) groups is 1. The van der Waals surface area contributed by atoms with Gasteiger partial charge in [-0.05, 0) is 32.0 Å². The van der Waals surface area contributed by atoms with Crippen molar-refractivity contribution < 1.29 is 9.53 Å². The molecule has 0 aliphatic heterocycles. The van der Waals surface area contributed by atoms with Crippen molar-refractivity contribution in [2.24, 2.45) is 5.92 Å². The molecule has 0 aliphatic carbocycles. The van der Waals surface area contributed by atoms with Crippen molar-refractivity contribution in [1.29, 1.82) is 0 Å². The molecule has 0 aliphatic rings. The number of likely N-dealkylation sites (N-methyl/N-ethyl adjacent to an activating group) is 1. The van der Waals surface area contributed by atoms with Crippen LogP contribution >= 0.6 is 0 Å². The summed E-state index contributed by atoms with van der Waals surface area (Å²) in [5, 5.41) is 2.85. The zero-order chi connectivity index (χ0) is 15.3. The average Bonchev–Trinajstić information content (AvgIpc) is 2.39. The predicted molar refractivity (Wildman–Crippen MR) is 83.0 cm³/mol. The highest BCUT2D eigenvalue weighted by Gasteiger charge is 2.16. The number of ether oxygens (including phenoxy) is 1. The fourth-order valence-corrected chi connectivity index (χ4v) is 1.88. The second kappa shape index (κ2) is 7.14. The number of amides is 1. The van der Waals surface area contributed by atoms with Crippen molar-refractivity contribution in [1.82, 2.24) is 4.90 Å². The molecule has 0 radical (unpaired) electrons. The lowest BCUT2D eigenvalue weighted by Gasteiger charge is -2.27. The molecule has 1 unspecified atom stereocenters. The molecule has 5 heteroatoms. The van der Waals surface area contributed by atoms with Crippen LogP contribution in [0.4, 0.5) is 11.4 Å². The van der Waals surface area contributed by atoms with E-state index in [1.165, 1.54) is 0 Å². The first-order valence-electron chi connectivity index (χ1n) is 6.78. The molecule has 20 heavy (non-hydrogen) atoms. The van der Waals surface area contributed by atoms with Crippen LogP contribution in [0.1, 0.15) is 20.8 Å². The molecular weight excluding hydrogens is 254 g/mol. The summed E-state index contributed by atoms with van der Waals surface area (Å²) in [6.45, 7) is 6.73. The lowest BCUT2D eigenvalue weighted by atomic mass is 10.1. The summed E-state index contributed by atoms with van der Waals surface area (Å²) in [4.78, 5) is 14.1. The molecule has 0 aromatic heterocycles. The Hall–Kier alpha value is -1.75. The molecule has 1 aromatic rings. The number of nitrogens with one attached hydrogen (secondary N) is 1. The molecule has 0 saturated heterocycles. The van der Waals surface area contributed by atoms with Gasteiger partial charge < -0.3 is 15.8 Å². The van der Waals surface area contributed by atoms with Crippen LogP contribution in [0.3, 0.4) is 0 Å². The Morgan fingerprint density at radius 3 is 2.60 bits per heavy atom. The molecule has 1 rings (SSSR count). The molecule has 3 N–H and O–H groups in total. The third-order valence-corrected chi connectivity index (χ3v) is 3.55. The van der Waals surface area contributed by atoms with E-state index in [1.54, 1.807) is 25.3 Å². The van der Waals surface area contributed by atoms with Crippen LogP contribution in [0.5, 0.6) is 5.75 Å². The molecule has 0 spiro atoms. The fourth-order valence-electron chi connectivity index (χ4n) is 1.88. The molecule has 112 valence electrons. The number of hydrogen-bond acceptors (Lipinski definition) is 4. The average molecular weight is 279 g/mol. The second-order valence-electron chi connectivity index (χ2n) is 5.41. The summed E-state index contributed by atoms with van der Waals surface area (Å²) < 4.78 is 5.21. The molecule has 0 heterocycles. The van der Waals surface area contributed by atoms with E-state index in [0.717, 1.165) is 0 Å². The first-order valence-corrected chi connectivity index (χ1v) is 6.78. The minimum atomic E-state index is -0.0666. The van der Waals surface area contributed by atoms with E-state index in [9.17, 15) is 4.79 Å². The molecular formula is C15H25N3O2. The van der Waals surface area contributed by atoms with Gasteiger partial charge in [0.2, 0.25) is 5.91 Å². The van der Waals surface area contributed by atoms with E-state index in [4.69, 9.17) is 10.5 Å². The number of anilines is 2. The Labute approximate surface area is 121 Å². The highest BCUT2D eigenvalue weighted by molar-refractivity contribution is 5.94. The lowest BCUT2D eigenvalue weighted by Crippen LogP contribution is -2.39. The van der Waals surface area contributed by atoms with Crippen molar-refractivity contribution in [2.75, 3.05) is 31.8 Å². The summed E-state index contributed by atoms with van der Waals surface area (Å²) >= 11 is 0. The van der Waals surface area contributed by atoms with Gasteiger partial charge in [-0.25, -0.2) is 0 Å². The molecule has 5 nitrogen and oxygen atoms in total. The normalized spacial score (nSPS) is 12.6. The summed E-state index contributed by atoms with van der Waals surface area (Å²) in [5.74, 6) is 1.000. The number of nitrogens with two attached hydrogens (primary N) is 1. The monoisotopic (exact) mass is 279 g/mol. The minimum Gasteiger partial charge on any atom is -0.494 e. The Morgan fingerprint density at radius 1 is 1.40 bits per heavy atom. The summed E-state index contributed by atoms with van der Waals surface area (Å²) in [6.07, 6.45) is 0. The van der Waals surface area contributed by atoms with E-state index in [0.29, 0.717) is 35.6 Å². The quantitative estimate of drug-likeness (QED) is 0.783. The van der Waals surface area contributed by atoms with Crippen LogP contribution in [0.2, 0.25) is 0 Å². The van der Waals surface area contributed by atoms with Gasteiger partial charge in [0.25, 0.3) is 0 Å². The zero-order valence-corrected chi connectivity index (χ0v) is 12.9.